The maximum atomic E-state index is 12.4. The van der Waals surface area contributed by atoms with Gasteiger partial charge in [0.1, 0.15) is 12.4 Å². The summed E-state index contributed by atoms with van der Waals surface area (Å²) in [5, 5.41) is 5.44. The van der Waals surface area contributed by atoms with Crippen molar-refractivity contribution in [2.45, 2.75) is 13.3 Å². The SMILES string of the molecule is CC(=O)Nc1cccc(OCC#CCNC(=O)C2CC(=O)N(c3cccc(Br)c3)C2)c1. The van der Waals surface area contributed by atoms with Gasteiger partial charge >= 0.3 is 0 Å². The Kier molecular flexibility index (Phi) is 7.68. The van der Waals surface area contributed by atoms with Crippen LogP contribution in [0, 0.1) is 17.8 Å². The van der Waals surface area contributed by atoms with Crippen LogP contribution in [-0.2, 0) is 14.4 Å². The Balaban J connectivity index is 1.42. The van der Waals surface area contributed by atoms with E-state index in [4.69, 9.17) is 4.74 Å². The standard InChI is InChI=1S/C23H22BrN3O4/c1-16(28)26-19-7-5-9-21(14-19)31-11-3-2-10-25-23(30)17-12-22(29)27(15-17)20-8-4-6-18(24)13-20/h4-9,13-14,17H,10-12,15H2,1H3,(H,25,30)(H,26,28). The number of hydrogen-bond donors (Lipinski definition) is 2. The zero-order valence-electron chi connectivity index (χ0n) is 17.0. The van der Waals surface area contributed by atoms with Crippen molar-refractivity contribution in [2.24, 2.45) is 5.92 Å². The predicted octanol–water partition coefficient (Wildman–Crippen LogP) is 2.96. The van der Waals surface area contributed by atoms with Gasteiger partial charge in [-0.05, 0) is 30.3 Å². The van der Waals surface area contributed by atoms with E-state index in [1.807, 2.05) is 24.3 Å². The Morgan fingerprint density at radius 3 is 2.77 bits per heavy atom. The van der Waals surface area contributed by atoms with Crippen LogP contribution in [0.2, 0.25) is 0 Å². The van der Waals surface area contributed by atoms with Gasteiger partial charge in [0.05, 0.1) is 12.5 Å². The fourth-order valence-corrected chi connectivity index (χ4v) is 3.54. The summed E-state index contributed by atoms with van der Waals surface area (Å²) >= 11 is 3.40. The van der Waals surface area contributed by atoms with E-state index in [2.05, 4.69) is 38.4 Å². The Labute approximate surface area is 189 Å². The van der Waals surface area contributed by atoms with Crippen LogP contribution >= 0.6 is 15.9 Å². The van der Waals surface area contributed by atoms with Crippen molar-refractivity contribution in [1.29, 1.82) is 0 Å². The minimum atomic E-state index is -0.402. The molecule has 7 nitrogen and oxygen atoms in total. The summed E-state index contributed by atoms with van der Waals surface area (Å²) < 4.78 is 6.41. The van der Waals surface area contributed by atoms with Gasteiger partial charge in [0.25, 0.3) is 0 Å². The van der Waals surface area contributed by atoms with Crippen LogP contribution in [0.25, 0.3) is 0 Å². The molecule has 1 fully saturated rings. The lowest BCUT2D eigenvalue weighted by atomic mass is 10.1. The molecule has 0 saturated carbocycles. The second-order valence-corrected chi connectivity index (χ2v) is 7.87. The summed E-state index contributed by atoms with van der Waals surface area (Å²) in [6, 6.07) is 14.5. The molecular formula is C23H22BrN3O4. The molecule has 0 radical (unpaired) electrons. The fourth-order valence-electron chi connectivity index (χ4n) is 3.15. The van der Waals surface area contributed by atoms with E-state index >= 15 is 0 Å². The van der Waals surface area contributed by atoms with Crippen LogP contribution in [0.1, 0.15) is 13.3 Å². The number of amides is 3. The molecule has 2 N–H and O–H groups in total. The number of nitrogens with zero attached hydrogens (tertiary/aromatic N) is 1. The van der Waals surface area contributed by atoms with Gasteiger partial charge in [-0.15, -0.1) is 0 Å². The van der Waals surface area contributed by atoms with Crippen LogP contribution in [0.4, 0.5) is 11.4 Å². The maximum Gasteiger partial charge on any atom is 0.227 e. The summed E-state index contributed by atoms with van der Waals surface area (Å²) in [5.41, 5.74) is 1.42. The Morgan fingerprint density at radius 1 is 1.19 bits per heavy atom. The number of nitrogens with one attached hydrogen (secondary N) is 2. The topological polar surface area (TPSA) is 87.7 Å². The number of rotatable bonds is 6. The first-order valence-electron chi connectivity index (χ1n) is 9.72. The third kappa shape index (κ3) is 6.59. The molecule has 2 aromatic carbocycles. The third-order valence-electron chi connectivity index (χ3n) is 4.56. The minimum absolute atomic E-state index is 0.0702. The van der Waals surface area contributed by atoms with E-state index in [0.717, 1.165) is 10.2 Å². The van der Waals surface area contributed by atoms with E-state index in [9.17, 15) is 14.4 Å². The largest absolute Gasteiger partial charge is 0.481 e. The highest BCUT2D eigenvalue weighted by molar-refractivity contribution is 9.10. The van der Waals surface area contributed by atoms with Crippen molar-refractivity contribution >= 4 is 45.0 Å². The van der Waals surface area contributed by atoms with Gasteiger partial charge < -0.3 is 20.3 Å². The van der Waals surface area contributed by atoms with E-state index in [1.54, 1.807) is 29.2 Å². The Morgan fingerprint density at radius 2 is 2.00 bits per heavy atom. The highest BCUT2D eigenvalue weighted by Gasteiger charge is 2.34. The van der Waals surface area contributed by atoms with Gasteiger partial charge in [-0.3, -0.25) is 14.4 Å². The van der Waals surface area contributed by atoms with Crippen molar-refractivity contribution in [3.63, 3.8) is 0 Å². The molecule has 0 bridgehead atoms. The normalized spacial score (nSPS) is 15.1. The molecule has 0 aromatic heterocycles. The number of benzene rings is 2. The zero-order chi connectivity index (χ0) is 22.2. The number of hydrogen-bond acceptors (Lipinski definition) is 4. The third-order valence-corrected chi connectivity index (χ3v) is 5.05. The smallest absolute Gasteiger partial charge is 0.227 e. The van der Waals surface area contributed by atoms with E-state index in [-0.39, 0.29) is 37.3 Å². The van der Waals surface area contributed by atoms with Gasteiger partial charge in [-0.2, -0.15) is 0 Å². The number of halogens is 1. The Hall–Kier alpha value is -3.31. The second kappa shape index (κ2) is 10.6. The number of carbonyl (C=O) groups is 3. The van der Waals surface area contributed by atoms with Gasteiger partial charge in [0, 0.05) is 41.8 Å². The molecule has 3 amide bonds. The van der Waals surface area contributed by atoms with Crippen molar-refractivity contribution in [2.75, 3.05) is 29.9 Å². The molecule has 1 heterocycles. The predicted molar refractivity (Wildman–Crippen MR) is 122 cm³/mol. The summed E-state index contributed by atoms with van der Waals surface area (Å²) in [5.74, 6) is 5.44. The highest BCUT2D eigenvalue weighted by Crippen LogP contribution is 2.27. The molecular weight excluding hydrogens is 462 g/mol. The number of ether oxygens (including phenoxy) is 1. The average molecular weight is 484 g/mol. The molecule has 1 aliphatic heterocycles. The van der Waals surface area contributed by atoms with Crippen LogP contribution < -0.4 is 20.3 Å². The molecule has 31 heavy (non-hydrogen) atoms. The maximum absolute atomic E-state index is 12.4. The fraction of sp³-hybridized carbons (Fsp3) is 0.261. The molecule has 1 aliphatic rings. The van der Waals surface area contributed by atoms with Crippen LogP contribution in [-0.4, -0.2) is 37.4 Å². The molecule has 1 unspecified atom stereocenters. The molecule has 8 heteroatoms. The minimum Gasteiger partial charge on any atom is -0.481 e. The molecule has 2 aromatic rings. The van der Waals surface area contributed by atoms with Gasteiger partial charge in [-0.1, -0.05) is 39.9 Å². The first-order valence-corrected chi connectivity index (χ1v) is 10.5. The van der Waals surface area contributed by atoms with Crippen molar-refractivity contribution in [3.8, 4) is 17.6 Å². The van der Waals surface area contributed by atoms with Crippen LogP contribution in [0.15, 0.2) is 53.0 Å². The number of carbonyl (C=O) groups excluding carboxylic acids is 3. The molecule has 0 spiro atoms. The Bertz CT molecular complexity index is 1040. The summed E-state index contributed by atoms with van der Waals surface area (Å²) in [6.07, 6.45) is 0.180. The lowest BCUT2D eigenvalue weighted by Gasteiger charge is -2.16. The molecule has 3 rings (SSSR count). The van der Waals surface area contributed by atoms with Gasteiger partial charge in [0.15, 0.2) is 0 Å². The van der Waals surface area contributed by atoms with E-state index < -0.39 is 5.92 Å². The number of anilines is 2. The lowest BCUT2D eigenvalue weighted by Crippen LogP contribution is -2.33. The summed E-state index contributed by atoms with van der Waals surface area (Å²) in [4.78, 5) is 37.4. The van der Waals surface area contributed by atoms with Crippen molar-refractivity contribution in [3.05, 3.63) is 53.0 Å². The van der Waals surface area contributed by atoms with Crippen molar-refractivity contribution < 1.29 is 19.1 Å². The van der Waals surface area contributed by atoms with E-state index in [0.29, 0.717) is 18.0 Å². The monoisotopic (exact) mass is 483 g/mol. The molecule has 0 aliphatic carbocycles. The quantitative estimate of drug-likeness (QED) is 0.618. The lowest BCUT2D eigenvalue weighted by molar-refractivity contribution is -0.126. The average Bonchev–Trinajstić information content (AvgIpc) is 3.12. The molecule has 1 atom stereocenters. The van der Waals surface area contributed by atoms with Gasteiger partial charge in [-0.25, -0.2) is 0 Å². The first-order chi connectivity index (χ1) is 14.9. The van der Waals surface area contributed by atoms with E-state index in [1.165, 1.54) is 6.92 Å². The molecule has 160 valence electrons. The zero-order valence-corrected chi connectivity index (χ0v) is 18.6. The van der Waals surface area contributed by atoms with Crippen LogP contribution in [0.5, 0.6) is 5.75 Å². The first kappa shape index (κ1) is 22.4. The summed E-state index contributed by atoms with van der Waals surface area (Å²) in [6.45, 7) is 2.11. The van der Waals surface area contributed by atoms with Crippen molar-refractivity contribution in [1.82, 2.24) is 5.32 Å². The molecule has 1 saturated heterocycles. The van der Waals surface area contributed by atoms with Gasteiger partial charge in [0.2, 0.25) is 17.7 Å². The summed E-state index contributed by atoms with van der Waals surface area (Å²) in [7, 11) is 0. The second-order valence-electron chi connectivity index (χ2n) is 6.95. The highest BCUT2D eigenvalue weighted by atomic mass is 79.9. The van der Waals surface area contributed by atoms with Crippen LogP contribution in [0.3, 0.4) is 0 Å².